The van der Waals surface area contributed by atoms with E-state index >= 15 is 0 Å². The van der Waals surface area contributed by atoms with Gasteiger partial charge in [-0.1, -0.05) is 18.2 Å². The second-order valence-corrected chi connectivity index (χ2v) is 8.72. The first kappa shape index (κ1) is 20.4. The summed E-state index contributed by atoms with van der Waals surface area (Å²) in [7, 11) is -2.09. The molecule has 1 heterocycles. The average molecular weight is 406 g/mol. The Labute approximate surface area is 164 Å². The van der Waals surface area contributed by atoms with Gasteiger partial charge in [0.25, 0.3) is 5.91 Å². The summed E-state index contributed by atoms with van der Waals surface area (Å²) >= 11 is 0. The van der Waals surface area contributed by atoms with E-state index < -0.39 is 10.0 Å². The van der Waals surface area contributed by atoms with Crippen molar-refractivity contribution in [3.63, 3.8) is 0 Å². The fourth-order valence-corrected chi connectivity index (χ4v) is 4.55. The molecule has 0 aliphatic carbocycles. The first-order valence-corrected chi connectivity index (χ1v) is 10.4. The Morgan fingerprint density at radius 1 is 1.18 bits per heavy atom. The lowest BCUT2D eigenvalue weighted by atomic mass is 10.1. The van der Waals surface area contributed by atoms with Crippen LogP contribution < -0.4 is 0 Å². The van der Waals surface area contributed by atoms with Crippen LogP contribution >= 0.6 is 0 Å². The van der Waals surface area contributed by atoms with Gasteiger partial charge in [0.05, 0.1) is 18.1 Å². The second kappa shape index (κ2) is 8.38. The predicted octanol–water partition coefficient (Wildman–Crippen LogP) is 2.43. The Balaban J connectivity index is 1.85. The third kappa shape index (κ3) is 4.40. The molecule has 150 valence electrons. The first-order valence-electron chi connectivity index (χ1n) is 8.97. The molecule has 1 aliphatic heterocycles. The lowest BCUT2D eigenvalue weighted by Gasteiger charge is -2.26. The van der Waals surface area contributed by atoms with Gasteiger partial charge in [0.1, 0.15) is 5.82 Å². The Hall–Kier alpha value is -2.29. The van der Waals surface area contributed by atoms with Crippen molar-refractivity contribution in [3.05, 3.63) is 65.0 Å². The SMILES string of the molecule is Cc1ccc(S(=O)(=O)N2CCOCC2)cc1C(=O)N(C)Cc1cccc(F)c1. The zero-order valence-corrected chi connectivity index (χ0v) is 16.7. The number of rotatable bonds is 5. The summed E-state index contributed by atoms with van der Waals surface area (Å²) in [5, 5.41) is 0. The maximum absolute atomic E-state index is 13.4. The molecular formula is C20H23FN2O4S. The highest BCUT2D eigenvalue weighted by Gasteiger charge is 2.27. The molecule has 0 spiro atoms. The Morgan fingerprint density at radius 3 is 2.57 bits per heavy atom. The van der Waals surface area contributed by atoms with Gasteiger partial charge in [-0.2, -0.15) is 4.31 Å². The minimum atomic E-state index is -3.69. The summed E-state index contributed by atoms with van der Waals surface area (Å²) in [6, 6.07) is 10.6. The number of ether oxygens (including phenoxy) is 1. The molecule has 2 aromatic rings. The van der Waals surface area contributed by atoms with E-state index in [1.165, 1.54) is 33.5 Å². The average Bonchev–Trinajstić information content (AvgIpc) is 2.68. The summed E-state index contributed by atoms with van der Waals surface area (Å²) in [6.07, 6.45) is 0. The van der Waals surface area contributed by atoms with E-state index in [4.69, 9.17) is 4.74 Å². The highest BCUT2D eigenvalue weighted by Crippen LogP contribution is 2.22. The van der Waals surface area contributed by atoms with Crippen LogP contribution in [0.3, 0.4) is 0 Å². The lowest BCUT2D eigenvalue weighted by molar-refractivity contribution is 0.0730. The van der Waals surface area contributed by atoms with E-state index in [9.17, 15) is 17.6 Å². The van der Waals surface area contributed by atoms with Crippen molar-refractivity contribution in [2.45, 2.75) is 18.4 Å². The van der Waals surface area contributed by atoms with Gasteiger partial charge >= 0.3 is 0 Å². The number of hydrogen-bond donors (Lipinski definition) is 0. The molecule has 6 nitrogen and oxygen atoms in total. The van der Waals surface area contributed by atoms with Crippen LogP contribution in [0.25, 0.3) is 0 Å². The maximum Gasteiger partial charge on any atom is 0.254 e. The van der Waals surface area contributed by atoms with Gasteiger partial charge in [-0.15, -0.1) is 0 Å². The Kier molecular flexibility index (Phi) is 6.12. The monoisotopic (exact) mass is 406 g/mol. The molecule has 0 radical (unpaired) electrons. The summed E-state index contributed by atoms with van der Waals surface area (Å²) in [5.41, 5.74) is 1.65. The van der Waals surface area contributed by atoms with Crippen molar-refractivity contribution in [1.29, 1.82) is 0 Å². The van der Waals surface area contributed by atoms with E-state index in [1.807, 2.05) is 0 Å². The van der Waals surface area contributed by atoms with Crippen LogP contribution in [-0.2, 0) is 21.3 Å². The Morgan fingerprint density at radius 2 is 1.89 bits per heavy atom. The predicted molar refractivity (Wildman–Crippen MR) is 103 cm³/mol. The van der Waals surface area contributed by atoms with Gasteiger partial charge < -0.3 is 9.64 Å². The van der Waals surface area contributed by atoms with Crippen molar-refractivity contribution >= 4 is 15.9 Å². The van der Waals surface area contributed by atoms with E-state index in [1.54, 1.807) is 32.2 Å². The second-order valence-electron chi connectivity index (χ2n) is 6.78. The summed E-state index contributed by atoms with van der Waals surface area (Å²) < 4.78 is 45.7. The fourth-order valence-electron chi connectivity index (χ4n) is 3.11. The standard InChI is InChI=1S/C20H23FN2O4S/c1-15-6-7-18(28(25,26)23-8-10-27-11-9-23)13-19(15)20(24)22(2)14-16-4-3-5-17(21)12-16/h3-7,12-13H,8-11,14H2,1-2H3. The number of carbonyl (C=O) groups is 1. The number of aryl methyl sites for hydroxylation is 1. The van der Waals surface area contributed by atoms with Crippen molar-refractivity contribution in [1.82, 2.24) is 9.21 Å². The quantitative estimate of drug-likeness (QED) is 0.765. The zero-order valence-electron chi connectivity index (χ0n) is 15.9. The van der Waals surface area contributed by atoms with Gasteiger partial charge in [0.15, 0.2) is 0 Å². The Bertz CT molecular complexity index is 972. The molecule has 0 bridgehead atoms. The molecule has 0 aromatic heterocycles. The van der Waals surface area contributed by atoms with E-state index in [-0.39, 0.29) is 23.2 Å². The van der Waals surface area contributed by atoms with Crippen LogP contribution in [0, 0.1) is 12.7 Å². The first-order chi connectivity index (χ1) is 13.3. The summed E-state index contributed by atoms with van der Waals surface area (Å²) in [6.45, 7) is 3.27. The molecule has 28 heavy (non-hydrogen) atoms. The summed E-state index contributed by atoms with van der Waals surface area (Å²) in [5.74, 6) is -0.686. The molecule has 1 fully saturated rings. The highest BCUT2D eigenvalue weighted by atomic mass is 32.2. The molecule has 8 heteroatoms. The number of hydrogen-bond acceptors (Lipinski definition) is 4. The molecule has 0 atom stereocenters. The van der Waals surface area contributed by atoms with Crippen LogP contribution in [0.4, 0.5) is 4.39 Å². The van der Waals surface area contributed by atoms with Gasteiger partial charge in [-0.3, -0.25) is 4.79 Å². The number of amides is 1. The molecule has 0 unspecified atom stereocenters. The zero-order chi connectivity index (χ0) is 20.3. The van der Waals surface area contributed by atoms with Crippen molar-refractivity contribution < 1.29 is 22.3 Å². The molecule has 1 aliphatic rings. The van der Waals surface area contributed by atoms with Crippen LogP contribution in [-0.4, -0.2) is 56.9 Å². The van der Waals surface area contributed by atoms with Gasteiger partial charge in [-0.25, -0.2) is 12.8 Å². The van der Waals surface area contributed by atoms with Crippen molar-refractivity contribution in [3.8, 4) is 0 Å². The molecule has 3 rings (SSSR count). The smallest absolute Gasteiger partial charge is 0.254 e. The summed E-state index contributed by atoms with van der Waals surface area (Å²) in [4.78, 5) is 14.4. The molecule has 1 amide bonds. The molecule has 0 saturated carbocycles. The van der Waals surface area contributed by atoms with E-state index in [0.717, 1.165) is 0 Å². The fraction of sp³-hybridized carbons (Fsp3) is 0.350. The minimum Gasteiger partial charge on any atom is -0.379 e. The van der Waals surface area contributed by atoms with Crippen LogP contribution in [0.5, 0.6) is 0 Å². The normalized spacial score (nSPS) is 15.4. The maximum atomic E-state index is 13.4. The van der Waals surface area contributed by atoms with Gasteiger partial charge in [0.2, 0.25) is 10.0 Å². The number of halogens is 1. The number of morpholine rings is 1. The lowest BCUT2D eigenvalue weighted by Crippen LogP contribution is -2.40. The van der Waals surface area contributed by atoms with Gasteiger partial charge in [-0.05, 0) is 42.3 Å². The molecule has 0 N–H and O–H groups in total. The third-order valence-electron chi connectivity index (χ3n) is 4.70. The number of nitrogens with zero attached hydrogens (tertiary/aromatic N) is 2. The largest absolute Gasteiger partial charge is 0.379 e. The third-order valence-corrected chi connectivity index (χ3v) is 6.60. The van der Waals surface area contributed by atoms with Crippen LogP contribution in [0.1, 0.15) is 21.5 Å². The topological polar surface area (TPSA) is 66.9 Å². The van der Waals surface area contributed by atoms with Crippen molar-refractivity contribution in [2.24, 2.45) is 0 Å². The van der Waals surface area contributed by atoms with Crippen LogP contribution in [0.2, 0.25) is 0 Å². The van der Waals surface area contributed by atoms with E-state index in [2.05, 4.69) is 0 Å². The number of carbonyl (C=O) groups excluding carboxylic acids is 1. The van der Waals surface area contributed by atoms with Crippen molar-refractivity contribution in [2.75, 3.05) is 33.4 Å². The number of sulfonamides is 1. The highest BCUT2D eigenvalue weighted by molar-refractivity contribution is 7.89. The van der Waals surface area contributed by atoms with Crippen LogP contribution in [0.15, 0.2) is 47.4 Å². The van der Waals surface area contributed by atoms with Gasteiger partial charge in [0, 0.05) is 32.2 Å². The number of benzene rings is 2. The molecule has 2 aromatic carbocycles. The van der Waals surface area contributed by atoms with E-state index in [0.29, 0.717) is 43.0 Å². The minimum absolute atomic E-state index is 0.0857. The molecule has 1 saturated heterocycles. The molecular weight excluding hydrogens is 383 g/mol.